The van der Waals surface area contributed by atoms with Crippen LogP contribution in [0.3, 0.4) is 0 Å². The minimum absolute atomic E-state index is 0.162. The van der Waals surface area contributed by atoms with E-state index in [2.05, 4.69) is 10.3 Å². The maximum absolute atomic E-state index is 13.0. The van der Waals surface area contributed by atoms with Gasteiger partial charge in [0, 0.05) is 24.0 Å². The van der Waals surface area contributed by atoms with E-state index in [1.807, 2.05) is 60.7 Å². The van der Waals surface area contributed by atoms with Crippen molar-refractivity contribution in [2.75, 3.05) is 0 Å². The van der Waals surface area contributed by atoms with Crippen LogP contribution >= 0.6 is 0 Å². The van der Waals surface area contributed by atoms with Crippen molar-refractivity contribution in [2.24, 2.45) is 0 Å². The van der Waals surface area contributed by atoms with Crippen LogP contribution in [-0.2, 0) is 6.42 Å². The molecular formula is C24H20N4O3. The minimum atomic E-state index is -0.495. The van der Waals surface area contributed by atoms with Crippen LogP contribution < -0.4 is 5.32 Å². The summed E-state index contributed by atoms with van der Waals surface area (Å²) in [5.74, 6) is -0.370. The van der Waals surface area contributed by atoms with E-state index in [-0.39, 0.29) is 23.2 Å². The highest BCUT2D eigenvalue weighted by Crippen LogP contribution is 2.25. The van der Waals surface area contributed by atoms with Crippen molar-refractivity contribution in [3.8, 4) is 5.69 Å². The molecule has 1 heterocycles. The number of aromatic nitrogens is 2. The lowest BCUT2D eigenvalue weighted by atomic mass is 9.98. The molecule has 0 bridgehead atoms. The van der Waals surface area contributed by atoms with E-state index >= 15 is 0 Å². The van der Waals surface area contributed by atoms with Crippen LogP contribution in [0.2, 0.25) is 0 Å². The number of benzene rings is 3. The third-order valence-corrected chi connectivity index (χ3v) is 5.01. The molecule has 154 valence electrons. The van der Waals surface area contributed by atoms with Crippen molar-refractivity contribution < 1.29 is 9.72 Å². The number of imidazole rings is 1. The lowest BCUT2D eigenvalue weighted by Crippen LogP contribution is -2.30. The molecule has 0 fully saturated rings. The topological polar surface area (TPSA) is 90.1 Å². The Labute approximate surface area is 179 Å². The summed E-state index contributed by atoms with van der Waals surface area (Å²) in [6.45, 7) is 0. The molecule has 31 heavy (non-hydrogen) atoms. The van der Waals surface area contributed by atoms with Gasteiger partial charge in [-0.2, -0.15) is 0 Å². The molecule has 0 aliphatic carbocycles. The summed E-state index contributed by atoms with van der Waals surface area (Å²) >= 11 is 0. The first kappa shape index (κ1) is 20.0. The van der Waals surface area contributed by atoms with E-state index in [9.17, 15) is 14.9 Å². The first-order valence-corrected chi connectivity index (χ1v) is 9.78. The van der Waals surface area contributed by atoms with Gasteiger partial charge in [-0.3, -0.25) is 14.9 Å². The first-order valence-electron chi connectivity index (χ1n) is 9.78. The normalized spacial score (nSPS) is 11.6. The summed E-state index contributed by atoms with van der Waals surface area (Å²) in [6, 6.07) is 23.7. The van der Waals surface area contributed by atoms with Crippen LogP contribution in [0.25, 0.3) is 5.69 Å². The number of nitro groups is 1. The molecular weight excluding hydrogens is 392 g/mol. The fourth-order valence-corrected chi connectivity index (χ4v) is 3.46. The number of hydrogen-bond donors (Lipinski definition) is 1. The molecule has 1 amide bonds. The lowest BCUT2D eigenvalue weighted by Gasteiger charge is -2.20. The number of nitro benzene ring substituents is 1. The van der Waals surface area contributed by atoms with Gasteiger partial charge in [0.2, 0.25) is 0 Å². The van der Waals surface area contributed by atoms with E-state index < -0.39 is 4.92 Å². The molecule has 4 aromatic rings. The Morgan fingerprint density at radius 1 is 1.03 bits per heavy atom. The summed E-state index contributed by atoms with van der Waals surface area (Å²) in [4.78, 5) is 28.1. The third kappa shape index (κ3) is 4.67. The van der Waals surface area contributed by atoms with Gasteiger partial charge in [-0.1, -0.05) is 60.7 Å². The van der Waals surface area contributed by atoms with Gasteiger partial charge in [0.15, 0.2) is 0 Å². The van der Waals surface area contributed by atoms with Crippen molar-refractivity contribution in [1.82, 2.24) is 14.9 Å². The summed E-state index contributed by atoms with van der Waals surface area (Å²) in [6.07, 6.45) is 5.24. The van der Waals surface area contributed by atoms with Crippen LogP contribution in [-0.4, -0.2) is 20.4 Å². The van der Waals surface area contributed by atoms with Gasteiger partial charge in [-0.15, -0.1) is 0 Å². The van der Waals surface area contributed by atoms with Crippen molar-refractivity contribution in [3.05, 3.63) is 124 Å². The molecule has 7 heteroatoms. The maximum Gasteiger partial charge on any atom is 0.294 e. The van der Waals surface area contributed by atoms with Crippen LogP contribution in [0.1, 0.15) is 27.5 Å². The van der Waals surface area contributed by atoms with Crippen molar-refractivity contribution in [3.63, 3.8) is 0 Å². The molecule has 0 saturated carbocycles. The standard InChI is InChI=1S/C24H20N4O3/c29-24(20-11-12-22(23(16-20)28(30)31)27-14-13-25-17-27)26-21(19-9-5-2-6-10-19)15-18-7-3-1-4-8-18/h1-14,16-17,21H,15H2,(H,26,29). The molecule has 1 aromatic heterocycles. The Morgan fingerprint density at radius 3 is 2.39 bits per heavy atom. The molecule has 0 aliphatic heterocycles. The predicted molar refractivity (Wildman–Crippen MR) is 117 cm³/mol. The van der Waals surface area contributed by atoms with Gasteiger partial charge in [0.1, 0.15) is 5.69 Å². The Bertz CT molecular complexity index is 1180. The molecule has 0 radical (unpaired) electrons. The van der Waals surface area contributed by atoms with Crippen LogP contribution in [0, 0.1) is 10.1 Å². The summed E-state index contributed by atoms with van der Waals surface area (Å²) in [5, 5.41) is 14.7. The quantitative estimate of drug-likeness (QED) is 0.358. The zero-order valence-corrected chi connectivity index (χ0v) is 16.6. The summed E-state index contributed by atoms with van der Waals surface area (Å²) in [5.41, 5.74) is 2.46. The van der Waals surface area contributed by atoms with E-state index in [1.165, 1.54) is 12.4 Å². The highest BCUT2D eigenvalue weighted by molar-refractivity contribution is 5.95. The number of carbonyl (C=O) groups is 1. The van der Waals surface area contributed by atoms with E-state index in [1.54, 1.807) is 29.1 Å². The number of hydrogen-bond acceptors (Lipinski definition) is 4. The van der Waals surface area contributed by atoms with Gasteiger partial charge in [0.05, 0.1) is 17.3 Å². The fourth-order valence-electron chi connectivity index (χ4n) is 3.46. The van der Waals surface area contributed by atoms with Gasteiger partial charge in [0.25, 0.3) is 11.6 Å². The Morgan fingerprint density at radius 2 is 1.74 bits per heavy atom. The second kappa shape index (κ2) is 9.04. The van der Waals surface area contributed by atoms with E-state index in [0.717, 1.165) is 11.1 Å². The smallest absolute Gasteiger partial charge is 0.294 e. The largest absolute Gasteiger partial charge is 0.345 e. The number of nitrogens with zero attached hydrogens (tertiary/aromatic N) is 3. The van der Waals surface area contributed by atoms with Crippen molar-refractivity contribution in [1.29, 1.82) is 0 Å². The van der Waals surface area contributed by atoms with Gasteiger partial charge >= 0.3 is 0 Å². The zero-order valence-electron chi connectivity index (χ0n) is 16.6. The van der Waals surface area contributed by atoms with Gasteiger partial charge in [-0.05, 0) is 29.7 Å². The first-order chi connectivity index (χ1) is 15.1. The zero-order chi connectivity index (χ0) is 21.6. The molecule has 0 spiro atoms. The minimum Gasteiger partial charge on any atom is -0.345 e. The van der Waals surface area contributed by atoms with Crippen LogP contribution in [0.15, 0.2) is 97.6 Å². The molecule has 0 aliphatic rings. The fraction of sp³-hybridized carbons (Fsp3) is 0.0833. The average molecular weight is 412 g/mol. The SMILES string of the molecule is O=C(NC(Cc1ccccc1)c1ccccc1)c1ccc(-n2ccnc2)c([N+](=O)[O-])c1. The van der Waals surface area contributed by atoms with Gasteiger partial charge < -0.3 is 9.88 Å². The Kier molecular flexibility index (Phi) is 5.84. The average Bonchev–Trinajstić information content (AvgIpc) is 3.34. The number of carbonyl (C=O) groups excluding carboxylic acids is 1. The van der Waals surface area contributed by atoms with Crippen LogP contribution in [0.4, 0.5) is 5.69 Å². The molecule has 1 atom stereocenters. The molecule has 0 saturated heterocycles. The second-order valence-corrected chi connectivity index (χ2v) is 7.06. The highest BCUT2D eigenvalue weighted by atomic mass is 16.6. The molecule has 3 aromatic carbocycles. The molecule has 4 rings (SSSR count). The van der Waals surface area contributed by atoms with Crippen molar-refractivity contribution >= 4 is 11.6 Å². The molecule has 7 nitrogen and oxygen atoms in total. The van der Waals surface area contributed by atoms with E-state index in [4.69, 9.17) is 0 Å². The van der Waals surface area contributed by atoms with Crippen molar-refractivity contribution in [2.45, 2.75) is 12.5 Å². The second-order valence-electron chi connectivity index (χ2n) is 7.06. The lowest BCUT2D eigenvalue weighted by molar-refractivity contribution is -0.384. The highest BCUT2D eigenvalue weighted by Gasteiger charge is 2.21. The van der Waals surface area contributed by atoms with E-state index in [0.29, 0.717) is 12.1 Å². The maximum atomic E-state index is 13.0. The van der Waals surface area contributed by atoms with Crippen LogP contribution in [0.5, 0.6) is 0 Å². The Balaban J connectivity index is 1.62. The molecule has 1 unspecified atom stereocenters. The number of amides is 1. The summed E-state index contributed by atoms with van der Waals surface area (Å²) < 4.78 is 1.54. The molecule has 1 N–H and O–H groups in total. The summed E-state index contributed by atoms with van der Waals surface area (Å²) in [7, 11) is 0. The Hall–Kier alpha value is -4.26. The van der Waals surface area contributed by atoms with Gasteiger partial charge in [-0.25, -0.2) is 4.98 Å². The monoisotopic (exact) mass is 412 g/mol. The third-order valence-electron chi connectivity index (χ3n) is 5.01. The number of rotatable bonds is 7. The predicted octanol–water partition coefficient (Wildman–Crippen LogP) is 4.49. The number of nitrogens with one attached hydrogen (secondary N) is 1.